The second-order valence-electron chi connectivity index (χ2n) is 8.39. The highest BCUT2D eigenvalue weighted by Gasteiger charge is 2.31. The van der Waals surface area contributed by atoms with Crippen molar-refractivity contribution in [3.63, 3.8) is 0 Å². The Morgan fingerprint density at radius 2 is 1.24 bits per heavy atom. The summed E-state index contributed by atoms with van der Waals surface area (Å²) >= 11 is 6.42. The summed E-state index contributed by atoms with van der Waals surface area (Å²) in [6, 6.07) is 10.2. The minimum absolute atomic E-state index is 0.675. The molecule has 0 atom stereocenters. The highest BCUT2D eigenvalue weighted by atomic mass is 35.5. The molecule has 2 nitrogen and oxygen atoms in total. The Hall–Kier alpha value is -0.570. The normalized spacial score (nSPS) is 30.4. The van der Waals surface area contributed by atoms with E-state index in [0.29, 0.717) is 5.92 Å². The van der Waals surface area contributed by atoms with Gasteiger partial charge >= 0.3 is 0 Å². The summed E-state index contributed by atoms with van der Waals surface area (Å²) in [5, 5.41) is 0.965. The number of rotatable bonds is 3. The Balaban J connectivity index is 1.25. The van der Waals surface area contributed by atoms with Gasteiger partial charge in [-0.05, 0) is 56.1 Å². The van der Waals surface area contributed by atoms with Crippen molar-refractivity contribution in [3.05, 3.63) is 34.9 Å². The van der Waals surface area contributed by atoms with Crippen LogP contribution in [0, 0.1) is 0 Å². The molecule has 1 saturated heterocycles. The van der Waals surface area contributed by atoms with Crippen LogP contribution >= 0.6 is 11.6 Å². The first kappa shape index (κ1) is 17.8. The van der Waals surface area contributed by atoms with E-state index in [1.54, 1.807) is 0 Å². The van der Waals surface area contributed by atoms with E-state index in [2.05, 4.69) is 21.9 Å². The highest BCUT2D eigenvalue weighted by molar-refractivity contribution is 6.31. The summed E-state index contributed by atoms with van der Waals surface area (Å²) in [6.07, 6.45) is 12.6. The standard InChI is InChI=1S/C22H33ClN2/c23-22-9-5-4-8-21(22)18-10-12-20(13-11-18)25-16-14-24(15-17-25)19-6-2-1-3-7-19/h4-5,8-9,18-20H,1-3,6-7,10-17H2. The highest BCUT2D eigenvalue weighted by Crippen LogP contribution is 2.38. The summed E-state index contributed by atoms with van der Waals surface area (Å²) in [6.45, 7) is 5.18. The summed E-state index contributed by atoms with van der Waals surface area (Å²) in [7, 11) is 0. The van der Waals surface area contributed by atoms with Crippen LogP contribution in [0.25, 0.3) is 0 Å². The van der Waals surface area contributed by atoms with Gasteiger partial charge in [0.1, 0.15) is 0 Å². The van der Waals surface area contributed by atoms with Gasteiger partial charge in [-0.2, -0.15) is 0 Å². The van der Waals surface area contributed by atoms with E-state index in [0.717, 1.165) is 17.1 Å². The molecule has 138 valence electrons. The van der Waals surface area contributed by atoms with E-state index in [9.17, 15) is 0 Å². The molecule has 2 aliphatic carbocycles. The van der Waals surface area contributed by atoms with Gasteiger partial charge in [0.05, 0.1) is 0 Å². The number of hydrogen-bond acceptors (Lipinski definition) is 2. The third kappa shape index (κ3) is 4.23. The lowest BCUT2D eigenvalue weighted by molar-refractivity contribution is 0.0445. The molecule has 1 aromatic rings. The maximum Gasteiger partial charge on any atom is 0.0440 e. The van der Waals surface area contributed by atoms with Crippen molar-refractivity contribution in [3.8, 4) is 0 Å². The average Bonchev–Trinajstić information content (AvgIpc) is 2.69. The molecule has 0 aromatic heterocycles. The van der Waals surface area contributed by atoms with Gasteiger partial charge < -0.3 is 0 Å². The van der Waals surface area contributed by atoms with Gasteiger partial charge in [-0.15, -0.1) is 0 Å². The Morgan fingerprint density at radius 3 is 1.84 bits per heavy atom. The van der Waals surface area contributed by atoms with Crippen LogP contribution in [0.1, 0.15) is 69.3 Å². The topological polar surface area (TPSA) is 6.48 Å². The van der Waals surface area contributed by atoms with Crippen LogP contribution < -0.4 is 0 Å². The number of hydrogen-bond donors (Lipinski definition) is 0. The largest absolute Gasteiger partial charge is 0.298 e. The second kappa shape index (κ2) is 8.41. The predicted octanol–water partition coefficient (Wildman–Crippen LogP) is 5.32. The lowest BCUT2D eigenvalue weighted by Crippen LogP contribution is -2.53. The first-order chi connectivity index (χ1) is 12.3. The van der Waals surface area contributed by atoms with Crippen LogP contribution in [0.3, 0.4) is 0 Å². The molecule has 1 aliphatic heterocycles. The molecule has 1 aromatic carbocycles. The van der Waals surface area contributed by atoms with Crippen molar-refractivity contribution in [2.75, 3.05) is 26.2 Å². The fourth-order valence-corrected chi connectivity index (χ4v) is 5.76. The van der Waals surface area contributed by atoms with Gasteiger partial charge in [0.25, 0.3) is 0 Å². The van der Waals surface area contributed by atoms with Gasteiger partial charge in [0, 0.05) is 43.3 Å². The number of piperazine rings is 1. The molecule has 0 amide bonds. The van der Waals surface area contributed by atoms with Gasteiger partial charge in [0.2, 0.25) is 0 Å². The van der Waals surface area contributed by atoms with Crippen LogP contribution in [-0.2, 0) is 0 Å². The zero-order valence-corrected chi connectivity index (χ0v) is 16.3. The molecule has 3 aliphatic rings. The van der Waals surface area contributed by atoms with E-state index in [4.69, 9.17) is 11.6 Å². The maximum atomic E-state index is 6.42. The Labute approximate surface area is 158 Å². The van der Waals surface area contributed by atoms with Gasteiger partial charge in [0.15, 0.2) is 0 Å². The SMILES string of the molecule is Clc1ccccc1C1CCC(N2CCN(C3CCCCC3)CC2)CC1. The van der Waals surface area contributed by atoms with Crippen molar-refractivity contribution in [2.24, 2.45) is 0 Å². The third-order valence-corrected chi connectivity index (χ3v) is 7.34. The van der Waals surface area contributed by atoms with E-state index in [1.165, 1.54) is 89.5 Å². The molecule has 0 N–H and O–H groups in total. The van der Waals surface area contributed by atoms with E-state index in [1.807, 2.05) is 12.1 Å². The van der Waals surface area contributed by atoms with Crippen LogP contribution in [0.5, 0.6) is 0 Å². The van der Waals surface area contributed by atoms with Gasteiger partial charge in [-0.3, -0.25) is 9.80 Å². The Bertz CT molecular complexity index is 539. The van der Waals surface area contributed by atoms with Crippen LogP contribution in [0.4, 0.5) is 0 Å². The maximum absolute atomic E-state index is 6.42. The second-order valence-corrected chi connectivity index (χ2v) is 8.80. The van der Waals surface area contributed by atoms with Gasteiger partial charge in [-0.25, -0.2) is 0 Å². The number of benzene rings is 1. The average molecular weight is 361 g/mol. The molecule has 1 heterocycles. The van der Waals surface area contributed by atoms with Crippen molar-refractivity contribution in [1.29, 1.82) is 0 Å². The van der Waals surface area contributed by atoms with Crippen LogP contribution in [0.2, 0.25) is 5.02 Å². The van der Waals surface area contributed by atoms with E-state index in [-0.39, 0.29) is 0 Å². The first-order valence-corrected chi connectivity index (χ1v) is 10.9. The summed E-state index contributed by atoms with van der Waals surface area (Å²) in [4.78, 5) is 5.59. The lowest BCUT2D eigenvalue weighted by Gasteiger charge is -2.45. The minimum Gasteiger partial charge on any atom is -0.298 e. The summed E-state index contributed by atoms with van der Waals surface area (Å²) in [5.74, 6) is 0.675. The first-order valence-electron chi connectivity index (χ1n) is 10.5. The minimum atomic E-state index is 0.675. The molecule has 0 spiro atoms. The zero-order valence-electron chi connectivity index (χ0n) is 15.5. The smallest absolute Gasteiger partial charge is 0.0440 e. The van der Waals surface area contributed by atoms with Gasteiger partial charge in [-0.1, -0.05) is 49.1 Å². The number of halogens is 1. The monoisotopic (exact) mass is 360 g/mol. The molecule has 0 unspecified atom stereocenters. The zero-order chi connectivity index (χ0) is 17.1. The molecule has 0 radical (unpaired) electrons. The van der Waals surface area contributed by atoms with Crippen molar-refractivity contribution in [1.82, 2.24) is 9.80 Å². The molecule has 0 bridgehead atoms. The van der Waals surface area contributed by atoms with E-state index >= 15 is 0 Å². The van der Waals surface area contributed by atoms with Crippen molar-refractivity contribution < 1.29 is 0 Å². The third-order valence-electron chi connectivity index (χ3n) is 7.00. The van der Waals surface area contributed by atoms with E-state index < -0.39 is 0 Å². The fourth-order valence-electron chi connectivity index (χ4n) is 5.47. The Kier molecular flexibility index (Phi) is 6.00. The molecular weight excluding hydrogens is 328 g/mol. The van der Waals surface area contributed by atoms with Crippen LogP contribution in [0.15, 0.2) is 24.3 Å². The molecule has 3 heteroatoms. The van der Waals surface area contributed by atoms with Crippen LogP contribution in [-0.4, -0.2) is 48.1 Å². The van der Waals surface area contributed by atoms with Crippen molar-refractivity contribution in [2.45, 2.75) is 75.8 Å². The lowest BCUT2D eigenvalue weighted by atomic mass is 9.81. The predicted molar refractivity (Wildman–Crippen MR) is 106 cm³/mol. The Morgan fingerprint density at radius 1 is 0.680 bits per heavy atom. The molecular formula is C22H33ClN2. The molecule has 2 saturated carbocycles. The fraction of sp³-hybridized carbons (Fsp3) is 0.727. The summed E-state index contributed by atoms with van der Waals surface area (Å²) in [5.41, 5.74) is 1.38. The van der Waals surface area contributed by atoms with Crippen molar-refractivity contribution >= 4 is 11.6 Å². The molecule has 4 rings (SSSR count). The summed E-state index contributed by atoms with van der Waals surface area (Å²) < 4.78 is 0. The molecule has 25 heavy (non-hydrogen) atoms. The molecule has 3 fully saturated rings. The quantitative estimate of drug-likeness (QED) is 0.720. The number of nitrogens with zero attached hydrogens (tertiary/aromatic N) is 2.